The Morgan fingerprint density at radius 3 is 2.77 bits per heavy atom. The van der Waals surface area contributed by atoms with Gasteiger partial charge in [0.05, 0.1) is 6.54 Å². The molecule has 0 aromatic carbocycles. The number of carbonyl (C=O) groups excluding carboxylic acids is 2. The zero-order chi connectivity index (χ0) is 20.7. The lowest BCUT2D eigenvalue weighted by atomic mass is 9.71. The first-order valence-corrected chi connectivity index (χ1v) is 12.5. The summed E-state index contributed by atoms with van der Waals surface area (Å²) in [6.07, 6.45) is 6.07. The fraction of sp³-hybridized carbons (Fsp3) is 0.810. The van der Waals surface area contributed by atoms with Crippen molar-refractivity contribution in [3.05, 3.63) is 11.4 Å². The molecule has 5 rings (SSSR count). The second-order valence-electron chi connectivity index (χ2n) is 9.27. The number of aryl methyl sites for hydroxylation is 1. The summed E-state index contributed by atoms with van der Waals surface area (Å²) in [5, 5.41) is 10.7. The third-order valence-corrected chi connectivity index (χ3v) is 8.57. The summed E-state index contributed by atoms with van der Waals surface area (Å²) in [5.41, 5.74) is 1.33. The summed E-state index contributed by atoms with van der Waals surface area (Å²) >= 11 is 2.05. The van der Waals surface area contributed by atoms with Gasteiger partial charge in [-0.2, -0.15) is 11.8 Å². The minimum atomic E-state index is -0.375. The molecule has 1 N–H and O–H groups in total. The van der Waals surface area contributed by atoms with E-state index in [0.717, 1.165) is 32.4 Å². The third-order valence-electron chi connectivity index (χ3n) is 7.52. The Balaban J connectivity index is 1.36. The molecule has 4 fully saturated rings. The maximum atomic E-state index is 13.4. The number of carbonyl (C=O) groups is 2. The normalized spacial score (nSPS) is 32.7. The molecule has 1 aromatic rings. The van der Waals surface area contributed by atoms with Gasteiger partial charge >= 0.3 is 0 Å². The minimum absolute atomic E-state index is 0.0536. The molecule has 4 aliphatic rings. The van der Waals surface area contributed by atoms with Crippen molar-refractivity contribution in [2.75, 3.05) is 24.6 Å². The first kappa shape index (κ1) is 20.3. The van der Waals surface area contributed by atoms with E-state index in [2.05, 4.69) is 32.3 Å². The number of piperidine rings is 3. The summed E-state index contributed by atoms with van der Waals surface area (Å²) in [5.74, 6) is 3.27. The molecule has 5 heterocycles. The largest absolute Gasteiger partial charge is 0.348 e. The number of likely N-dealkylation sites (tertiary alicyclic amines) is 1. The number of rotatable bonds is 4. The Morgan fingerprint density at radius 2 is 2.00 bits per heavy atom. The minimum Gasteiger partial charge on any atom is -0.348 e. The molecule has 2 amide bonds. The Hall–Kier alpha value is -1.61. The van der Waals surface area contributed by atoms with Crippen LogP contribution in [0.1, 0.15) is 49.9 Å². The molecule has 0 spiro atoms. The average Bonchev–Trinajstić information content (AvgIpc) is 3.18. The van der Waals surface area contributed by atoms with Crippen molar-refractivity contribution in [3.8, 4) is 0 Å². The number of fused-ring (bicyclic) bond motifs is 4. The van der Waals surface area contributed by atoms with E-state index in [1.165, 1.54) is 24.3 Å². The second kappa shape index (κ2) is 8.49. The molecule has 1 aromatic heterocycles. The number of hydrogen-bond donors (Lipinski definition) is 1. The summed E-state index contributed by atoms with van der Waals surface area (Å²) < 4.78 is 4.75. The van der Waals surface area contributed by atoms with E-state index in [0.29, 0.717) is 29.8 Å². The van der Waals surface area contributed by atoms with Gasteiger partial charge in [-0.05, 0) is 56.5 Å². The molecule has 0 unspecified atom stereocenters. The summed E-state index contributed by atoms with van der Waals surface area (Å²) in [6.45, 7) is 4.11. The monoisotopic (exact) mass is 433 g/mol. The maximum absolute atomic E-state index is 13.4. The fourth-order valence-electron chi connectivity index (χ4n) is 6.06. The van der Waals surface area contributed by atoms with E-state index in [4.69, 9.17) is 4.63 Å². The SMILES string of the molecule is Cc1nonc1CNC(=O)[C@H]1[C@H]2C[C@H](CN(C3CCSCC3)C2)[C@@H]2CCCC(=O)N21. The van der Waals surface area contributed by atoms with Gasteiger partial charge in [0.2, 0.25) is 11.8 Å². The molecule has 0 aliphatic carbocycles. The highest BCUT2D eigenvalue weighted by Crippen LogP contribution is 2.43. The van der Waals surface area contributed by atoms with E-state index >= 15 is 0 Å². The molecule has 2 bridgehead atoms. The number of nitrogens with one attached hydrogen (secondary N) is 1. The molecule has 8 nitrogen and oxygen atoms in total. The highest BCUT2D eigenvalue weighted by molar-refractivity contribution is 7.99. The van der Waals surface area contributed by atoms with Gasteiger partial charge in [0.25, 0.3) is 0 Å². The van der Waals surface area contributed by atoms with Crippen molar-refractivity contribution in [2.24, 2.45) is 11.8 Å². The highest BCUT2D eigenvalue weighted by Gasteiger charge is 2.52. The lowest BCUT2D eigenvalue weighted by Gasteiger charge is -2.57. The van der Waals surface area contributed by atoms with E-state index in [9.17, 15) is 9.59 Å². The zero-order valence-corrected chi connectivity index (χ0v) is 18.4. The third kappa shape index (κ3) is 3.75. The van der Waals surface area contributed by atoms with E-state index in [-0.39, 0.29) is 36.4 Å². The highest BCUT2D eigenvalue weighted by atomic mass is 32.2. The predicted molar refractivity (Wildman–Crippen MR) is 113 cm³/mol. The van der Waals surface area contributed by atoms with Crippen LogP contribution in [0.4, 0.5) is 0 Å². The number of hydrogen-bond acceptors (Lipinski definition) is 7. The lowest BCUT2D eigenvalue weighted by Crippen LogP contribution is -2.69. The van der Waals surface area contributed by atoms with E-state index in [1.807, 2.05) is 11.8 Å². The van der Waals surface area contributed by atoms with Crippen LogP contribution in [0.3, 0.4) is 0 Å². The van der Waals surface area contributed by atoms with Crippen molar-refractivity contribution < 1.29 is 14.2 Å². The Morgan fingerprint density at radius 1 is 1.20 bits per heavy atom. The van der Waals surface area contributed by atoms with Crippen LogP contribution in [0.25, 0.3) is 0 Å². The van der Waals surface area contributed by atoms with Crippen molar-refractivity contribution in [1.29, 1.82) is 0 Å². The Labute approximate surface area is 181 Å². The van der Waals surface area contributed by atoms with E-state index < -0.39 is 0 Å². The Bertz CT molecular complexity index is 795. The van der Waals surface area contributed by atoms with Gasteiger partial charge < -0.3 is 10.2 Å². The van der Waals surface area contributed by atoms with Crippen LogP contribution in [0.15, 0.2) is 4.63 Å². The first-order chi connectivity index (χ1) is 14.6. The number of aromatic nitrogens is 2. The van der Waals surface area contributed by atoms with Crippen LogP contribution in [-0.4, -0.2) is 74.6 Å². The molecule has 9 heteroatoms. The van der Waals surface area contributed by atoms with Gasteiger partial charge in [-0.15, -0.1) is 0 Å². The van der Waals surface area contributed by atoms with Gasteiger partial charge in [-0.25, -0.2) is 4.63 Å². The number of nitrogens with zero attached hydrogens (tertiary/aromatic N) is 4. The average molecular weight is 434 g/mol. The van der Waals surface area contributed by atoms with Gasteiger partial charge in [0, 0.05) is 37.5 Å². The van der Waals surface area contributed by atoms with Crippen LogP contribution in [-0.2, 0) is 16.1 Å². The summed E-state index contributed by atoms with van der Waals surface area (Å²) in [6, 6.07) is 0.462. The van der Waals surface area contributed by atoms with Gasteiger partial charge in [0.15, 0.2) is 0 Å². The topological polar surface area (TPSA) is 91.6 Å². The molecule has 30 heavy (non-hydrogen) atoms. The molecular weight excluding hydrogens is 402 g/mol. The van der Waals surface area contributed by atoms with Crippen LogP contribution < -0.4 is 5.32 Å². The van der Waals surface area contributed by atoms with Crippen molar-refractivity contribution in [3.63, 3.8) is 0 Å². The van der Waals surface area contributed by atoms with Crippen LogP contribution in [0.2, 0.25) is 0 Å². The summed E-state index contributed by atoms with van der Waals surface area (Å²) in [7, 11) is 0. The molecule has 164 valence electrons. The van der Waals surface area contributed by atoms with Crippen LogP contribution >= 0.6 is 11.8 Å². The van der Waals surface area contributed by atoms with Crippen molar-refractivity contribution >= 4 is 23.6 Å². The second-order valence-corrected chi connectivity index (χ2v) is 10.5. The number of amides is 2. The summed E-state index contributed by atoms with van der Waals surface area (Å²) in [4.78, 5) is 30.9. The quantitative estimate of drug-likeness (QED) is 0.771. The number of thioether (sulfide) groups is 1. The smallest absolute Gasteiger partial charge is 0.243 e. The van der Waals surface area contributed by atoms with Crippen molar-refractivity contribution in [2.45, 2.75) is 70.1 Å². The van der Waals surface area contributed by atoms with Gasteiger partial charge in [-0.1, -0.05) is 10.3 Å². The first-order valence-electron chi connectivity index (χ1n) is 11.3. The molecule has 4 saturated heterocycles. The van der Waals surface area contributed by atoms with E-state index in [1.54, 1.807) is 0 Å². The standard InChI is InChI=1S/C21H31N5O3S/c1-13-17(24-29-23-13)10-22-21(28)20-15-9-14(18-3-2-4-19(27)26(18)20)11-25(12-15)16-5-7-30-8-6-16/h14-16,18,20H,2-12H2,1H3,(H,22,28)/t14-,15+,18+,20-/m1/s1. The molecule has 4 atom stereocenters. The molecule has 4 aliphatic heterocycles. The Kier molecular flexibility index (Phi) is 5.75. The molecular formula is C21H31N5O3S. The molecule has 0 radical (unpaired) electrons. The van der Waals surface area contributed by atoms with Crippen LogP contribution in [0, 0.1) is 18.8 Å². The fourth-order valence-corrected chi connectivity index (χ4v) is 7.15. The predicted octanol–water partition coefficient (Wildman–Crippen LogP) is 1.59. The molecule has 0 saturated carbocycles. The van der Waals surface area contributed by atoms with Gasteiger partial charge in [-0.3, -0.25) is 14.5 Å². The van der Waals surface area contributed by atoms with Crippen molar-refractivity contribution in [1.82, 2.24) is 25.4 Å². The lowest BCUT2D eigenvalue weighted by molar-refractivity contribution is -0.161. The van der Waals surface area contributed by atoms with Crippen LogP contribution in [0.5, 0.6) is 0 Å². The van der Waals surface area contributed by atoms with Gasteiger partial charge in [0.1, 0.15) is 17.4 Å². The zero-order valence-electron chi connectivity index (χ0n) is 17.6. The maximum Gasteiger partial charge on any atom is 0.243 e.